The lowest BCUT2D eigenvalue weighted by atomic mass is 10.0. The van der Waals surface area contributed by atoms with Crippen molar-refractivity contribution in [2.24, 2.45) is 0 Å². The topological polar surface area (TPSA) is 17.1 Å². The van der Waals surface area contributed by atoms with Crippen molar-refractivity contribution in [1.29, 1.82) is 0 Å². The van der Waals surface area contributed by atoms with Gasteiger partial charge in [0, 0.05) is 12.8 Å². The van der Waals surface area contributed by atoms with Gasteiger partial charge in [-0.15, -0.1) is 0 Å². The predicted octanol–water partition coefficient (Wildman–Crippen LogP) is 4.58. The molecule has 0 N–H and O–H groups in total. The molecule has 0 amide bonds. The second kappa shape index (κ2) is 8.32. The van der Waals surface area contributed by atoms with Gasteiger partial charge >= 0.3 is 0 Å². The number of carbonyl (C=O) groups excluding carboxylic acids is 1. The Morgan fingerprint density at radius 3 is 2.50 bits per heavy atom. The first-order valence-corrected chi connectivity index (χ1v) is 6.63. The minimum atomic E-state index is 0.402. The van der Waals surface area contributed by atoms with Crippen LogP contribution in [-0.2, 0) is 4.79 Å². The smallest absolute Gasteiger partial charge is 0.136 e. The quantitative estimate of drug-likeness (QED) is 0.584. The van der Waals surface area contributed by atoms with E-state index in [2.05, 4.69) is 18.2 Å². The summed E-state index contributed by atoms with van der Waals surface area (Å²) in [7, 11) is 0. The van der Waals surface area contributed by atoms with Gasteiger partial charge in [-0.2, -0.15) is 0 Å². The Bertz CT molecular complexity index is 261. The van der Waals surface area contributed by atoms with E-state index in [9.17, 15) is 4.79 Å². The molecular formula is C15H24O. The summed E-state index contributed by atoms with van der Waals surface area (Å²) >= 11 is 0. The van der Waals surface area contributed by atoms with Gasteiger partial charge in [-0.1, -0.05) is 49.5 Å². The third-order valence-electron chi connectivity index (χ3n) is 3.07. The van der Waals surface area contributed by atoms with Gasteiger partial charge in [-0.05, 0) is 26.2 Å². The van der Waals surface area contributed by atoms with E-state index in [4.69, 9.17) is 0 Å². The fourth-order valence-corrected chi connectivity index (χ4v) is 2.08. The average Bonchev–Trinajstić information content (AvgIpc) is 2.25. The van der Waals surface area contributed by atoms with Gasteiger partial charge in [0.1, 0.15) is 5.78 Å². The average molecular weight is 220 g/mol. The zero-order chi connectivity index (χ0) is 11.6. The molecule has 1 rings (SSSR count). The largest absolute Gasteiger partial charge is 0.299 e. The molecule has 0 spiro atoms. The van der Waals surface area contributed by atoms with Gasteiger partial charge in [0.15, 0.2) is 0 Å². The van der Waals surface area contributed by atoms with Crippen molar-refractivity contribution in [3.8, 4) is 0 Å². The van der Waals surface area contributed by atoms with E-state index >= 15 is 0 Å². The minimum Gasteiger partial charge on any atom is -0.299 e. The van der Waals surface area contributed by atoms with Crippen LogP contribution < -0.4 is 0 Å². The lowest BCUT2D eigenvalue weighted by Crippen LogP contribution is -1.98. The monoisotopic (exact) mass is 220 g/mol. The highest BCUT2D eigenvalue weighted by Gasteiger charge is 2.02. The Morgan fingerprint density at radius 1 is 1.00 bits per heavy atom. The molecule has 0 radical (unpaired) electrons. The van der Waals surface area contributed by atoms with Crippen molar-refractivity contribution in [2.75, 3.05) is 0 Å². The second-order valence-electron chi connectivity index (χ2n) is 4.82. The van der Waals surface area contributed by atoms with E-state index in [0.29, 0.717) is 12.2 Å². The summed E-state index contributed by atoms with van der Waals surface area (Å²) in [6, 6.07) is 0. The van der Waals surface area contributed by atoms with Crippen LogP contribution in [0.2, 0.25) is 0 Å². The zero-order valence-corrected chi connectivity index (χ0v) is 10.5. The van der Waals surface area contributed by atoms with Crippen molar-refractivity contribution in [3.05, 3.63) is 23.8 Å². The van der Waals surface area contributed by atoms with E-state index in [1.165, 1.54) is 44.1 Å². The molecule has 0 atom stereocenters. The van der Waals surface area contributed by atoms with Gasteiger partial charge < -0.3 is 0 Å². The van der Waals surface area contributed by atoms with Crippen LogP contribution in [0.15, 0.2) is 23.8 Å². The van der Waals surface area contributed by atoms with E-state index in [1.807, 2.05) is 6.92 Å². The summed E-state index contributed by atoms with van der Waals surface area (Å²) < 4.78 is 0. The van der Waals surface area contributed by atoms with E-state index < -0.39 is 0 Å². The highest BCUT2D eigenvalue weighted by molar-refractivity contribution is 5.80. The third kappa shape index (κ3) is 6.60. The number of carbonyl (C=O) groups is 1. The van der Waals surface area contributed by atoms with Gasteiger partial charge in [-0.25, -0.2) is 0 Å². The molecule has 0 aromatic rings. The Kier molecular flexibility index (Phi) is 6.87. The molecule has 90 valence electrons. The summed E-state index contributed by atoms with van der Waals surface area (Å²) in [5.41, 5.74) is 1.19. The molecule has 0 unspecified atom stereocenters. The molecule has 0 heterocycles. The molecule has 0 aliphatic heterocycles. The van der Waals surface area contributed by atoms with Crippen LogP contribution in [-0.4, -0.2) is 5.78 Å². The first-order valence-electron chi connectivity index (χ1n) is 6.63. The second-order valence-corrected chi connectivity index (χ2v) is 4.82. The van der Waals surface area contributed by atoms with Crippen LogP contribution in [0.3, 0.4) is 0 Å². The maximum Gasteiger partial charge on any atom is 0.136 e. The number of Topliss-reactive ketones (excluding diaryl/α,β-unsaturated/α-hetero) is 1. The lowest BCUT2D eigenvalue weighted by molar-refractivity contribution is -0.118. The normalized spacial score (nSPS) is 21.3. The Balaban J connectivity index is 2.44. The number of rotatable bonds is 0. The van der Waals surface area contributed by atoms with Gasteiger partial charge in [-0.3, -0.25) is 4.79 Å². The van der Waals surface area contributed by atoms with Crippen LogP contribution in [0.5, 0.6) is 0 Å². The van der Waals surface area contributed by atoms with Crippen LogP contribution in [0.1, 0.15) is 64.7 Å². The molecule has 1 nitrogen and oxygen atoms in total. The van der Waals surface area contributed by atoms with Gasteiger partial charge in [0.05, 0.1) is 0 Å². The van der Waals surface area contributed by atoms with Crippen molar-refractivity contribution in [3.63, 3.8) is 0 Å². The molecule has 0 saturated heterocycles. The van der Waals surface area contributed by atoms with E-state index in [1.54, 1.807) is 0 Å². The third-order valence-corrected chi connectivity index (χ3v) is 3.07. The highest BCUT2D eigenvalue weighted by Crippen LogP contribution is 2.12. The van der Waals surface area contributed by atoms with E-state index in [0.717, 1.165) is 12.8 Å². The van der Waals surface area contributed by atoms with Crippen molar-refractivity contribution in [1.82, 2.24) is 0 Å². The summed E-state index contributed by atoms with van der Waals surface area (Å²) in [6.45, 7) is 2.05. The minimum absolute atomic E-state index is 0.402. The molecular weight excluding hydrogens is 196 g/mol. The molecule has 1 heteroatoms. The fourth-order valence-electron chi connectivity index (χ4n) is 2.08. The van der Waals surface area contributed by atoms with Crippen molar-refractivity contribution >= 4 is 5.78 Å². The highest BCUT2D eigenvalue weighted by atomic mass is 16.1. The molecule has 0 aromatic carbocycles. The summed E-state index contributed by atoms with van der Waals surface area (Å²) in [6.07, 6.45) is 16.6. The maximum atomic E-state index is 11.6. The molecule has 16 heavy (non-hydrogen) atoms. The number of hydrogen-bond donors (Lipinski definition) is 0. The molecule has 0 bridgehead atoms. The van der Waals surface area contributed by atoms with Crippen LogP contribution in [0.4, 0.5) is 0 Å². The summed E-state index contributed by atoms with van der Waals surface area (Å²) in [5, 5.41) is 0. The van der Waals surface area contributed by atoms with Crippen LogP contribution in [0.25, 0.3) is 0 Å². The summed E-state index contributed by atoms with van der Waals surface area (Å²) in [5.74, 6) is 0.402. The first-order chi connectivity index (χ1) is 7.79. The Hall–Kier alpha value is -0.850. The maximum absolute atomic E-state index is 11.6. The van der Waals surface area contributed by atoms with E-state index in [-0.39, 0.29) is 0 Å². The van der Waals surface area contributed by atoms with Gasteiger partial charge in [0.25, 0.3) is 0 Å². The first kappa shape index (κ1) is 13.2. The SMILES string of the molecule is CC1=CC=CCCCCCCCCC(=O)C1. The standard InChI is InChI=1S/C15H24O/c1-14-11-9-7-5-3-2-4-6-8-10-12-15(16)13-14/h7,9,11H,2-6,8,10,12-13H2,1H3. The van der Waals surface area contributed by atoms with Crippen molar-refractivity contribution in [2.45, 2.75) is 64.7 Å². The Labute approximate surface area is 99.6 Å². The predicted molar refractivity (Wildman–Crippen MR) is 69.5 cm³/mol. The summed E-state index contributed by atoms with van der Waals surface area (Å²) in [4.78, 5) is 11.6. The molecule has 1 aliphatic carbocycles. The fraction of sp³-hybridized carbons (Fsp3) is 0.667. The Morgan fingerprint density at radius 2 is 1.69 bits per heavy atom. The molecule has 0 saturated carbocycles. The molecule has 0 aromatic heterocycles. The van der Waals surface area contributed by atoms with Crippen LogP contribution >= 0.6 is 0 Å². The molecule has 1 aliphatic rings. The number of allylic oxidation sites excluding steroid dienone is 4. The lowest BCUT2D eigenvalue weighted by Gasteiger charge is -2.03. The van der Waals surface area contributed by atoms with Gasteiger partial charge in [0.2, 0.25) is 0 Å². The number of hydrogen-bond acceptors (Lipinski definition) is 1. The number of ketones is 1. The van der Waals surface area contributed by atoms with Crippen molar-refractivity contribution < 1.29 is 4.79 Å². The van der Waals surface area contributed by atoms with Crippen LogP contribution in [0, 0.1) is 0 Å². The zero-order valence-electron chi connectivity index (χ0n) is 10.5. The molecule has 0 fully saturated rings.